The second kappa shape index (κ2) is 6.73. The molecular weight excluding hydrogens is 322 g/mol. The van der Waals surface area contributed by atoms with Crippen LogP contribution < -0.4 is 5.43 Å². The molecule has 126 valence electrons. The highest BCUT2D eigenvalue weighted by Crippen LogP contribution is 2.32. The molecule has 1 N–H and O–H groups in total. The first-order valence-corrected chi connectivity index (χ1v) is 8.84. The highest BCUT2D eigenvalue weighted by molar-refractivity contribution is 7.14. The van der Waals surface area contributed by atoms with Gasteiger partial charge in [0.25, 0.3) is 0 Å². The Labute approximate surface area is 145 Å². The van der Waals surface area contributed by atoms with Crippen LogP contribution in [0.15, 0.2) is 40.8 Å². The largest absolute Gasteiger partial charge is 0.459 e. The first-order chi connectivity index (χ1) is 11.4. The minimum atomic E-state index is -0.366. The molecule has 1 aliphatic rings. The second-order valence-electron chi connectivity index (χ2n) is 6.65. The van der Waals surface area contributed by atoms with Crippen LogP contribution in [0.25, 0.3) is 11.3 Å². The number of rotatable bonds is 5. The van der Waals surface area contributed by atoms with Crippen molar-refractivity contribution in [3.05, 3.63) is 35.7 Å². The molecule has 3 rings (SSSR count). The quantitative estimate of drug-likeness (QED) is 0.498. The lowest BCUT2D eigenvalue weighted by atomic mass is 9.93. The van der Waals surface area contributed by atoms with Gasteiger partial charge in [-0.1, -0.05) is 30.3 Å². The number of cyclic esters (lactones) is 1. The van der Waals surface area contributed by atoms with E-state index in [2.05, 4.69) is 15.5 Å². The third-order valence-corrected chi connectivity index (χ3v) is 4.65. The molecule has 1 aromatic heterocycles. The van der Waals surface area contributed by atoms with E-state index in [9.17, 15) is 4.79 Å². The summed E-state index contributed by atoms with van der Waals surface area (Å²) in [4.78, 5) is 16.4. The van der Waals surface area contributed by atoms with E-state index in [4.69, 9.17) is 4.74 Å². The summed E-state index contributed by atoms with van der Waals surface area (Å²) in [5, 5.41) is 7.09. The van der Waals surface area contributed by atoms with Crippen LogP contribution >= 0.6 is 11.3 Å². The summed E-state index contributed by atoms with van der Waals surface area (Å²) in [5.74, 6) is -0.239. The van der Waals surface area contributed by atoms with Gasteiger partial charge in [-0.15, -0.1) is 11.3 Å². The molecule has 24 heavy (non-hydrogen) atoms. The molecular formula is C18H21N3O2S. The predicted molar refractivity (Wildman–Crippen MR) is 97.2 cm³/mol. The zero-order chi connectivity index (χ0) is 17.2. The summed E-state index contributed by atoms with van der Waals surface area (Å²) in [6.45, 7) is 5.80. The van der Waals surface area contributed by atoms with Gasteiger partial charge in [0, 0.05) is 29.5 Å². The number of hydrogen-bond acceptors (Lipinski definition) is 6. The zero-order valence-electron chi connectivity index (χ0n) is 14.1. The number of hydrogen-bond donors (Lipinski definition) is 1. The van der Waals surface area contributed by atoms with Crippen molar-refractivity contribution in [1.29, 1.82) is 0 Å². The van der Waals surface area contributed by atoms with Crippen LogP contribution in [-0.2, 0) is 9.53 Å². The number of thiazole rings is 1. The smallest absolute Gasteiger partial charge is 0.310 e. The van der Waals surface area contributed by atoms with E-state index >= 15 is 0 Å². The molecule has 0 unspecified atom stereocenters. The van der Waals surface area contributed by atoms with Gasteiger partial charge in [-0.3, -0.25) is 10.2 Å². The summed E-state index contributed by atoms with van der Waals surface area (Å²) >= 11 is 1.51. The van der Waals surface area contributed by atoms with Crippen molar-refractivity contribution in [3.63, 3.8) is 0 Å². The molecule has 0 radical (unpaired) electrons. The van der Waals surface area contributed by atoms with Crippen molar-refractivity contribution in [3.8, 4) is 11.3 Å². The van der Waals surface area contributed by atoms with E-state index in [0.29, 0.717) is 6.42 Å². The normalized spacial score (nSPS) is 20.0. The van der Waals surface area contributed by atoms with Crippen molar-refractivity contribution in [1.82, 2.24) is 4.98 Å². The lowest BCUT2D eigenvalue weighted by molar-refractivity contribution is -0.148. The molecule has 1 saturated heterocycles. The Balaban J connectivity index is 1.60. The lowest BCUT2D eigenvalue weighted by Crippen LogP contribution is -2.17. The van der Waals surface area contributed by atoms with Gasteiger partial charge in [-0.2, -0.15) is 5.10 Å². The molecule has 2 heterocycles. The highest BCUT2D eigenvalue weighted by Gasteiger charge is 2.39. The van der Waals surface area contributed by atoms with Crippen LogP contribution in [0.3, 0.4) is 0 Å². The number of nitrogens with one attached hydrogen (secondary N) is 1. The van der Waals surface area contributed by atoms with E-state index in [0.717, 1.165) is 28.5 Å². The summed E-state index contributed by atoms with van der Waals surface area (Å²) in [6, 6.07) is 10.0. The third kappa shape index (κ3) is 4.00. The molecule has 0 bridgehead atoms. The molecule has 1 atom stereocenters. The fraction of sp³-hybridized carbons (Fsp3) is 0.389. The minimum absolute atomic E-state index is 0.110. The van der Waals surface area contributed by atoms with Gasteiger partial charge in [0.2, 0.25) is 5.13 Å². The second-order valence-corrected chi connectivity index (χ2v) is 7.51. The van der Waals surface area contributed by atoms with E-state index in [1.165, 1.54) is 11.3 Å². The molecule has 5 nitrogen and oxygen atoms in total. The molecule has 1 aliphatic heterocycles. The number of hydrazone groups is 1. The van der Waals surface area contributed by atoms with Gasteiger partial charge in [0.15, 0.2) is 0 Å². The Hall–Kier alpha value is -2.21. The third-order valence-electron chi connectivity index (χ3n) is 3.91. The fourth-order valence-electron chi connectivity index (χ4n) is 2.84. The standard InChI is InChI=1S/C18H21N3O2S/c1-12(9-14-10-18(2,3)23-16(14)22)20-21-17-19-15(11-24-17)13-7-5-4-6-8-13/h4-8,11,14H,9-10H2,1-3H3,(H,19,21)/b20-12-/t14-/m0/s1. The predicted octanol–water partition coefficient (Wildman–Crippen LogP) is 4.33. The summed E-state index contributed by atoms with van der Waals surface area (Å²) in [5.41, 5.74) is 5.50. The van der Waals surface area contributed by atoms with E-state index in [1.807, 2.05) is 56.5 Å². The van der Waals surface area contributed by atoms with E-state index in [1.54, 1.807) is 0 Å². The number of anilines is 1. The summed E-state index contributed by atoms with van der Waals surface area (Å²) in [7, 11) is 0. The van der Waals surface area contributed by atoms with Crippen LogP contribution in [0.2, 0.25) is 0 Å². The van der Waals surface area contributed by atoms with Crippen molar-refractivity contribution < 1.29 is 9.53 Å². The van der Waals surface area contributed by atoms with Gasteiger partial charge in [-0.25, -0.2) is 4.98 Å². The van der Waals surface area contributed by atoms with Crippen molar-refractivity contribution in [2.75, 3.05) is 5.43 Å². The Kier molecular flexibility index (Phi) is 4.66. The number of aromatic nitrogens is 1. The molecule has 0 amide bonds. The highest BCUT2D eigenvalue weighted by atomic mass is 32.1. The topological polar surface area (TPSA) is 63.6 Å². The first-order valence-electron chi connectivity index (χ1n) is 7.96. The van der Waals surface area contributed by atoms with Crippen molar-refractivity contribution >= 4 is 28.1 Å². The van der Waals surface area contributed by atoms with Gasteiger partial charge in [-0.05, 0) is 20.8 Å². The molecule has 1 fully saturated rings. The van der Waals surface area contributed by atoms with E-state index in [-0.39, 0.29) is 17.5 Å². The monoisotopic (exact) mass is 343 g/mol. The number of nitrogens with zero attached hydrogens (tertiary/aromatic N) is 2. The van der Waals surface area contributed by atoms with Crippen LogP contribution in [0, 0.1) is 5.92 Å². The summed E-state index contributed by atoms with van der Waals surface area (Å²) in [6.07, 6.45) is 1.33. The number of benzene rings is 1. The van der Waals surface area contributed by atoms with Crippen molar-refractivity contribution in [2.45, 2.75) is 39.2 Å². The molecule has 0 saturated carbocycles. The molecule has 6 heteroatoms. The number of ether oxygens (including phenoxy) is 1. The average molecular weight is 343 g/mol. The lowest BCUT2D eigenvalue weighted by Gasteiger charge is -2.14. The Morgan fingerprint density at radius 2 is 2.17 bits per heavy atom. The molecule has 0 spiro atoms. The average Bonchev–Trinajstić information content (AvgIpc) is 3.10. The molecule has 1 aromatic carbocycles. The zero-order valence-corrected chi connectivity index (χ0v) is 14.9. The van der Waals surface area contributed by atoms with Crippen LogP contribution in [0.5, 0.6) is 0 Å². The Morgan fingerprint density at radius 3 is 2.83 bits per heavy atom. The van der Waals surface area contributed by atoms with Crippen LogP contribution in [0.1, 0.15) is 33.6 Å². The number of carbonyl (C=O) groups excluding carboxylic acids is 1. The van der Waals surface area contributed by atoms with Crippen LogP contribution in [0.4, 0.5) is 5.13 Å². The van der Waals surface area contributed by atoms with Crippen molar-refractivity contribution in [2.24, 2.45) is 11.0 Å². The maximum atomic E-state index is 11.9. The maximum Gasteiger partial charge on any atom is 0.310 e. The Morgan fingerprint density at radius 1 is 1.42 bits per heavy atom. The van der Waals surface area contributed by atoms with Gasteiger partial charge < -0.3 is 4.74 Å². The van der Waals surface area contributed by atoms with Crippen LogP contribution in [-0.4, -0.2) is 22.3 Å². The molecule has 0 aliphatic carbocycles. The van der Waals surface area contributed by atoms with E-state index < -0.39 is 0 Å². The number of esters is 1. The maximum absolute atomic E-state index is 11.9. The van der Waals surface area contributed by atoms with Gasteiger partial charge in [0.1, 0.15) is 5.60 Å². The first kappa shape index (κ1) is 16.6. The fourth-order valence-corrected chi connectivity index (χ4v) is 3.50. The summed E-state index contributed by atoms with van der Waals surface area (Å²) < 4.78 is 5.35. The SMILES string of the molecule is C/C(C[C@H]1CC(C)(C)OC1=O)=N/Nc1nc(-c2ccccc2)cs1. The number of carbonyl (C=O) groups is 1. The van der Waals surface area contributed by atoms with Gasteiger partial charge >= 0.3 is 5.97 Å². The minimum Gasteiger partial charge on any atom is -0.459 e. The Bertz CT molecular complexity index is 753. The molecule has 2 aromatic rings. The van der Waals surface area contributed by atoms with Gasteiger partial charge in [0.05, 0.1) is 11.6 Å².